The third-order valence-corrected chi connectivity index (χ3v) is 3.14. The molecule has 0 saturated carbocycles. The van der Waals surface area contributed by atoms with Crippen LogP contribution in [0.1, 0.15) is 30.1 Å². The molecule has 98 valence electrons. The van der Waals surface area contributed by atoms with Crippen LogP contribution in [0.15, 0.2) is 24.3 Å². The van der Waals surface area contributed by atoms with Crippen LogP contribution in [0, 0.1) is 0 Å². The van der Waals surface area contributed by atoms with E-state index in [0.29, 0.717) is 11.7 Å². The summed E-state index contributed by atoms with van der Waals surface area (Å²) in [5, 5.41) is 3.29. The van der Waals surface area contributed by atoms with Crippen molar-refractivity contribution in [2.24, 2.45) is 0 Å². The van der Waals surface area contributed by atoms with E-state index < -0.39 is 0 Å². The standard InChI is InChI=1S/C14H19NO3/c1-10-6-7-13(18-10)9-15-12-5-3-4-11(8-12)14(16)17-2/h3-5,8,10,13,15H,6-7,9H2,1-2H3. The zero-order chi connectivity index (χ0) is 13.0. The molecular weight excluding hydrogens is 230 g/mol. The molecule has 1 aromatic rings. The van der Waals surface area contributed by atoms with Crippen LogP contribution in [-0.4, -0.2) is 31.8 Å². The highest BCUT2D eigenvalue weighted by molar-refractivity contribution is 5.90. The Morgan fingerprint density at radius 1 is 1.50 bits per heavy atom. The van der Waals surface area contributed by atoms with Crippen molar-refractivity contribution >= 4 is 11.7 Å². The first-order chi connectivity index (χ1) is 8.69. The van der Waals surface area contributed by atoms with Crippen LogP contribution < -0.4 is 5.32 Å². The van der Waals surface area contributed by atoms with Crippen LogP contribution in [0.2, 0.25) is 0 Å². The summed E-state index contributed by atoms with van der Waals surface area (Å²) in [5.74, 6) is -0.315. The van der Waals surface area contributed by atoms with Gasteiger partial charge in [-0.15, -0.1) is 0 Å². The zero-order valence-electron chi connectivity index (χ0n) is 10.8. The Morgan fingerprint density at radius 2 is 2.33 bits per heavy atom. The number of methoxy groups -OCH3 is 1. The van der Waals surface area contributed by atoms with E-state index in [1.807, 2.05) is 12.1 Å². The van der Waals surface area contributed by atoms with Crippen LogP contribution in [0.25, 0.3) is 0 Å². The molecular formula is C14H19NO3. The number of carbonyl (C=O) groups is 1. The van der Waals surface area contributed by atoms with E-state index in [0.717, 1.165) is 25.1 Å². The number of esters is 1. The molecule has 1 aromatic carbocycles. The molecule has 2 unspecified atom stereocenters. The van der Waals surface area contributed by atoms with Crippen LogP contribution in [0.5, 0.6) is 0 Å². The van der Waals surface area contributed by atoms with Gasteiger partial charge in [-0.2, -0.15) is 0 Å². The highest BCUT2D eigenvalue weighted by Crippen LogP contribution is 2.20. The minimum absolute atomic E-state index is 0.266. The van der Waals surface area contributed by atoms with Gasteiger partial charge in [0.2, 0.25) is 0 Å². The lowest BCUT2D eigenvalue weighted by atomic mass is 10.2. The Kier molecular flexibility index (Phi) is 4.20. The minimum atomic E-state index is -0.315. The van der Waals surface area contributed by atoms with Gasteiger partial charge in [-0.3, -0.25) is 0 Å². The van der Waals surface area contributed by atoms with Crippen molar-refractivity contribution in [3.8, 4) is 0 Å². The molecule has 1 N–H and O–H groups in total. The third-order valence-electron chi connectivity index (χ3n) is 3.14. The molecule has 2 atom stereocenters. The monoisotopic (exact) mass is 249 g/mol. The maximum atomic E-state index is 11.4. The summed E-state index contributed by atoms with van der Waals surface area (Å²) in [4.78, 5) is 11.4. The van der Waals surface area contributed by atoms with Gasteiger partial charge in [0.15, 0.2) is 0 Å². The zero-order valence-corrected chi connectivity index (χ0v) is 10.8. The molecule has 1 aliphatic heterocycles. The fraction of sp³-hybridized carbons (Fsp3) is 0.500. The summed E-state index contributed by atoms with van der Waals surface area (Å²) in [7, 11) is 1.39. The lowest BCUT2D eigenvalue weighted by Gasteiger charge is -2.13. The summed E-state index contributed by atoms with van der Waals surface area (Å²) in [6.07, 6.45) is 2.83. The first-order valence-electron chi connectivity index (χ1n) is 6.26. The molecule has 4 nitrogen and oxygen atoms in total. The highest BCUT2D eigenvalue weighted by Gasteiger charge is 2.21. The van der Waals surface area contributed by atoms with E-state index in [9.17, 15) is 4.79 Å². The van der Waals surface area contributed by atoms with Gasteiger partial charge in [0.05, 0.1) is 24.9 Å². The molecule has 2 rings (SSSR count). The molecule has 0 aliphatic carbocycles. The Balaban J connectivity index is 1.91. The Morgan fingerprint density at radius 3 is 3.00 bits per heavy atom. The van der Waals surface area contributed by atoms with E-state index in [1.54, 1.807) is 12.1 Å². The lowest BCUT2D eigenvalue weighted by Crippen LogP contribution is -2.19. The molecule has 1 heterocycles. The number of anilines is 1. The van der Waals surface area contributed by atoms with Gasteiger partial charge in [0.1, 0.15) is 0 Å². The molecule has 1 aliphatic rings. The maximum absolute atomic E-state index is 11.4. The number of rotatable bonds is 4. The van der Waals surface area contributed by atoms with Crippen LogP contribution in [0.4, 0.5) is 5.69 Å². The normalized spacial score (nSPS) is 22.8. The molecule has 18 heavy (non-hydrogen) atoms. The van der Waals surface area contributed by atoms with Gasteiger partial charge in [-0.1, -0.05) is 6.07 Å². The molecule has 0 bridgehead atoms. The van der Waals surface area contributed by atoms with Crippen molar-refractivity contribution in [2.75, 3.05) is 19.0 Å². The fourth-order valence-corrected chi connectivity index (χ4v) is 2.14. The first-order valence-corrected chi connectivity index (χ1v) is 6.26. The summed E-state index contributed by atoms with van der Waals surface area (Å²) in [5.41, 5.74) is 1.48. The van der Waals surface area contributed by atoms with Crippen LogP contribution in [-0.2, 0) is 9.47 Å². The lowest BCUT2D eigenvalue weighted by molar-refractivity contribution is 0.0600. The summed E-state index contributed by atoms with van der Waals surface area (Å²) >= 11 is 0. The highest BCUT2D eigenvalue weighted by atomic mass is 16.5. The van der Waals surface area contributed by atoms with Crippen molar-refractivity contribution in [1.82, 2.24) is 0 Å². The number of hydrogen-bond acceptors (Lipinski definition) is 4. The Hall–Kier alpha value is -1.55. The van der Waals surface area contributed by atoms with Crippen molar-refractivity contribution < 1.29 is 14.3 Å². The van der Waals surface area contributed by atoms with E-state index in [4.69, 9.17) is 9.47 Å². The second-order valence-corrected chi connectivity index (χ2v) is 4.60. The molecule has 1 fully saturated rings. The number of carbonyl (C=O) groups excluding carboxylic acids is 1. The predicted octanol–water partition coefficient (Wildman–Crippen LogP) is 2.45. The SMILES string of the molecule is COC(=O)c1cccc(NCC2CCC(C)O2)c1. The quantitative estimate of drug-likeness (QED) is 0.833. The molecule has 0 spiro atoms. The number of benzene rings is 1. The van der Waals surface area contributed by atoms with Crippen LogP contribution in [0.3, 0.4) is 0 Å². The summed E-state index contributed by atoms with van der Waals surface area (Å²) < 4.78 is 10.4. The van der Waals surface area contributed by atoms with Gasteiger partial charge in [0.25, 0.3) is 0 Å². The van der Waals surface area contributed by atoms with Gasteiger partial charge in [-0.25, -0.2) is 4.79 Å². The van der Waals surface area contributed by atoms with Gasteiger partial charge < -0.3 is 14.8 Å². The second-order valence-electron chi connectivity index (χ2n) is 4.60. The van der Waals surface area contributed by atoms with Crippen molar-refractivity contribution in [3.05, 3.63) is 29.8 Å². The summed E-state index contributed by atoms with van der Waals surface area (Å²) in [6.45, 7) is 2.87. The Bertz CT molecular complexity index is 419. The minimum Gasteiger partial charge on any atom is -0.465 e. The second kappa shape index (κ2) is 5.87. The van der Waals surface area contributed by atoms with Crippen molar-refractivity contribution in [1.29, 1.82) is 0 Å². The molecule has 0 amide bonds. The first kappa shape index (κ1) is 12.9. The number of hydrogen-bond donors (Lipinski definition) is 1. The molecule has 4 heteroatoms. The molecule has 1 saturated heterocycles. The third kappa shape index (κ3) is 3.23. The fourth-order valence-electron chi connectivity index (χ4n) is 2.14. The average Bonchev–Trinajstić information content (AvgIpc) is 2.81. The van der Waals surface area contributed by atoms with E-state index in [2.05, 4.69) is 12.2 Å². The molecule has 0 radical (unpaired) electrons. The van der Waals surface area contributed by atoms with Crippen LogP contribution >= 0.6 is 0 Å². The average molecular weight is 249 g/mol. The maximum Gasteiger partial charge on any atom is 0.337 e. The summed E-state index contributed by atoms with van der Waals surface area (Å²) in [6, 6.07) is 7.31. The van der Waals surface area contributed by atoms with Crippen molar-refractivity contribution in [2.45, 2.75) is 32.0 Å². The van der Waals surface area contributed by atoms with E-state index in [-0.39, 0.29) is 12.1 Å². The van der Waals surface area contributed by atoms with Gasteiger partial charge in [-0.05, 0) is 38.0 Å². The number of nitrogens with one attached hydrogen (secondary N) is 1. The Labute approximate surface area is 107 Å². The van der Waals surface area contributed by atoms with E-state index >= 15 is 0 Å². The van der Waals surface area contributed by atoms with Gasteiger partial charge in [0, 0.05) is 12.2 Å². The van der Waals surface area contributed by atoms with Crippen molar-refractivity contribution in [3.63, 3.8) is 0 Å². The number of ether oxygens (including phenoxy) is 2. The topological polar surface area (TPSA) is 47.6 Å². The van der Waals surface area contributed by atoms with Gasteiger partial charge >= 0.3 is 5.97 Å². The molecule has 0 aromatic heterocycles. The smallest absolute Gasteiger partial charge is 0.337 e. The largest absolute Gasteiger partial charge is 0.465 e. The predicted molar refractivity (Wildman–Crippen MR) is 69.8 cm³/mol. The van der Waals surface area contributed by atoms with E-state index in [1.165, 1.54) is 7.11 Å².